The van der Waals surface area contributed by atoms with Gasteiger partial charge in [-0.2, -0.15) is 0 Å². The molecule has 0 atom stereocenters. The van der Waals surface area contributed by atoms with E-state index in [9.17, 15) is 4.79 Å². The zero-order valence-corrected chi connectivity index (χ0v) is 7.62. The van der Waals surface area contributed by atoms with Gasteiger partial charge < -0.3 is 10.0 Å². The number of hydrogen-bond acceptors (Lipinski definition) is 2. The Labute approximate surface area is 73.7 Å². The van der Waals surface area contributed by atoms with Gasteiger partial charge in [-0.25, -0.2) is 0 Å². The normalized spacial score (nSPS) is 9.50. The van der Waals surface area contributed by atoms with Gasteiger partial charge in [-0.05, 0) is 13.3 Å². The van der Waals surface area contributed by atoms with E-state index in [4.69, 9.17) is 5.11 Å². The summed E-state index contributed by atoms with van der Waals surface area (Å²) in [6.07, 6.45) is 2.69. The largest absolute Gasteiger partial charge is 0.396 e. The van der Waals surface area contributed by atoms with Crippen molar-refractivity contribution in [2.75, 3.05) is 19.7 Å². The van der Waals surface area contributed by atoms with Crippen molar-refractivity contribution in [3.05, 3.63) is 12.7 Å². The summed E-state index contributed by atoms with van der Waals surface area (Å²) in [7, 11) is 0. The molecule has 0 aliphatic heterocycles. The van der Waals surface area contributed by atoms with Crippen molar-refractivity contribution in [3.63, 3.8) is 0 Å². The number of aliphatic hydroxyl groups is 1. The molecule has 0 rings (SSSR count). The quantitative estimate of drug-likeness (QED) is 0.600. The fourth-order valence-corrected chi connectivity index (χ4v) is 0.952. The molecule has 0 saturated carbocycles. The van der Waals surface area contributed by atoms with Crippen LogP contribution in [0.4, 0.5) is 0 Å². The van der Waals surface area contributed by atoms with E-state index in [1.165, 1.54) is 0 Å². The van der Waals surface area contributed by atoms with Gasteiger partial charge in [0.15, 0.2) is 0 Å². The Morgan fingerprint density at radius 2 is 2.33 bits per heavy atom. The second-order valence-electron chi connectivity index (χ2n) is 2.55. The highest BCUT2D eigenvalue weighted by Crippen LogP contribution is 1.97. The molecule has 0 fully saturated rings. The molecule has 0 aromatic heterocycles. The fraction of sp³-hybridized carbons (Fsp3) is 0.667. The van der Waals surface area contributed by atoms with Crippen molar-refractivity contribution in [2.45, 2.75) is 19.8 Å². The van der Waals surface area contributed by atoms with Gasteiger partial charge in [0.25, 0.3) is 0 Å². The third kappa shape index (κ3) is 4.13. The Morgan fingerprint density at radius 3 is 2.75 bits per heavy atom. The maximum atomic E-state index is 11.3. The molecule has 0 saturated heterocycles. The summed E-state index contributed by atoms with van der Waals surface area (Å²) in [6.45, 7) is 6.88. The van der Waals surface area contributed by atoms with Gasteiger partial charge in [0.1, 0.15) is 0 Å². The lowest BCUT2D eigenvalue weighted by Crippen LogP contribution is -2.30. The first-order valence-electron chi connectivity index (χ1n) is 4.25. The van der Waals surface area contributed by atoms with Crippen LogP contribution >= 0.6 is 0 Å². The number of rotatable bonds is 6. The summed E-state index contributed by atoms with van der Waals surface area (Å²) in [6, 6.07) is 0. The topological polar surface area (TPSA) is 40.5 Å². The van der Waals surface area contributed by atoms with Crippen LogP contribution in [0.5, 0.6) is 0 Å². The third-order valence-electron chi connectivity index (χ3n) is 1.63. The number of aliphatic hydroxyl groups excluding tert-OH is 1. The molecule has 70 valence electrons. The molecule has 0 bridgehead atoms. The number of likely N-dealkylation sites (N-methyl/N-ethyl adjacent to an activating group) is 1. The van der Waals surface area contributed by atoms with E-state index in [2.05, 4.69) is 6.58 Å². The number of amides is 1. The molecular weight excluding hydrogens is 154 g/mol. The Balaban J connectivity index is 3.76. The second kappa shape index (κ2) is 6.85. The predicted octanol–water partition coefficient (Wildman–Crippen LogP) is 0.793. The zero-order chi connectivity index (χ0) is 9.40. The first-order valence-corrected chi connectivity index (χ1v) is 4.25. The van der Waals surface area contributed by atoms with Crippen LogP contribution in [0, 0.1) is 0 Å². The van der Waals surface area contributed by atoms with Gasteiger partial charge in [-0.1, -0.05) is 6.08 Å². The molecular formula is C9H17NO2. The van der Waals surface area contributed by atoms with E-state index in [-0.39, 0.29) is 12.5 Å². The average Bonchev–Trinajstić information content (AvgIpc) is 2.10. The summed E-state index contributed by atoms with van der Waals surface area (Å²) < 4.78 is 0. The molecule has 12 heavy (non-hydrogen) atoms. The minimum atomic E-state index is 0.0807. The maximum absolute atomic E-state index is 11.3. The number of nitrogens with zero attached hydrogens (tertiary/aromatic N) is 1. The van der Waals surface area contributed by atoms with Crippen molar-refractivity contribution < 1.29 is 9.90 Å². The molecule has 1 amide bonds. The lowest BCUT2D eigenvalue weighted by Gasteiger charge is -2.18. The van der Waals surface area contributed by atoms with Gasteiger partial charge in [-0.15, -0.1) is 6.58 Å². The minimum Gasteiger partial charge on any atom is -0.396 e. The Hall–Kier alpha value is -0.830. The monoisotopic (exact) mass is 171 g/mol. The van der Waals surface area contributed by atoms with Crippen molar-refractivity contribution in [1.82, 2.24) is 4.90 Å². The Morgan fingerprint density at radius 1 is 1.67 bits per heavy atom. The molecule has 3 heteroatoms. The third-order valence-corrected chi connectivity index (χ3v) is 1.63. The molecule has 0 radical (unpaired) electrons. The highest BCUT2D eigenvalue weighted by Gasteiger charge is 2.08. The summed E-state index contributed by atoms with van der Waals surface area (Å²) in [5.74, 6) is 0.0893. The summed E-state index contributed by atoms with van der Waals surface area (Å²) in [4.78, 5) is 13.0. The van der Waals surface area contributed by atoms with Gasteiger partial charge in [0, 0.05) is 26.1 Å². The first-order chi connectivity index (χ1) is 5.76. The van der Waals surface area contributed by atoms with Crippen molar-refractivity contribution in [2.24, 2.45) is 0 Å². The molecule has 0 aromatic rings. The average molecular weight is 171 g/mol. The van der Waals surface area contributed by atoms with Gasteiger partial charge in [0.2, 0.25) is 5.91 Å². The minimum absolute atomic E-state index is 0.0807. The number of carbonyl (C=O) groups excluding carboxylic acids is 1. The molecule has 3 nitrogen and oxygen atoms in total. The summed E-state index contributed by atoms with van der Waals surface area (Å²) >= 11 is 0. The van der Waals surface area contributed by atoms with Crippen LogP contribution in [0.1, 0.15) is 19.8 Å². The van der Waals surface area contributed by atoms with Crippen LogP contribution in [0.15, 0.2) is 12.7 Å². The van der Waals surface area contributed by atoms with Crippen molar-refractivity contribution in [3.8, 4) is 0 Å². The lowest BCUT2D eigenvalue weighted by atomic mass is 10.3. The zero-order valence-electron chi connectivity index (χ0n) is 7.62. The smallest absolute Gasteiger partial charge is 0.222 e. The summed E-state index contributed by atoms with van der Waals surface area (Å²) in [5.41, 5.74) is 0. The first kappa shape index (κ1) is 11.2. The van der Waals surface area contributed by atoms with E-state index in [0.29, 0.717) is 25.9 Å². The van der Waals surface area contributed by atoms with E-state index in [0.717, 1.165) is 0 Å². The Bertz CT molecular complexity index is 145. The van der Waals surface area contributed by atoms with Crippen molar-refractivity contribution >= 4 is 5.91 Å². The molecule has 1 N–H and O–H groups in total. The molecule has 0 heterocycles. The summed E-state index contributed by atoms with van der Waals surface area (Å²) in [5, 5.41) is 8.51. The van der Waals surface area contributed by atoms with E-state index < -0.39 is 0 Å². The maximum Gasteiger partial charge on any atom is 0.222 e. The van der Waals surface area contributed by atoms with E-state index >= 15 is 0 Å². The highest BCUT2D eigenvalue weighted by atomic mass is 16.3. The number of carbonyl (C=O) groups is 1. The van der Waals surface area contributed by atoms with Gasteiger partial charge >= 0.3 is 0 Å². The lowest BCUT2D eigenvalue weighted by molar-refractivity contribution is -0.130. The molecule has 0 aromatic carbocycles. The van der Waals surface area contributed by atoms with Crippen LogP contribution in [0.25, 0.3) is 0 Å². The van der Waals surface area contributed by atoms with Gasteiger partial charge in [-0.3, -0.25) is 4.79 Å². The Kier molecular flexibility index (Phi) is 6.38. The van der Waals surface area contributed by atoms with E-state index in [1.807, 2.05) is 6.92 Å². The predicted molar refractivity (Wildman–Crippen MR) is 48.8 cm³/mol. The van der Waals surface area contributed by atoms with Crippen LogP contribution in [0.2, 0.25) is 0 Å². The van der Waals surface area contributed by atoms with Crippen LogP contribution in [-0.2, 0) is 4.79 Å². The molecule has 0 aliphatic carbocycles. The van der Waals surface area contributed by atoms with Crippen molar-refractivity contribution in [1.29, 1.82) is 0 Å². The highest BCUT2D eigenvalue weighted by molar-refractivity contribution is 5.76. The van der Waals surface area contributed by atoms with Crippen LogP contribution in [0.3, 0.4) is 0 Å². The SMILES string of the molecule is C=CCN(CC)C(=O)CCCO. The molecule has 0 unspecified atom stereocenters. The van der Waals surface area contributed by atoms with Crippen LogP contribution < -0.4 is 0 Å². The molecule has 0 aliphatic rings. The van der Waals surface area contributed by atoms with E-state index in [1.54, 1.807) is 11.0 Å². The number of hydrogen-bond donors (Lipinski definition) is 1. The second-order valence-corrected chi connectivity index (χ2v) is 2.55. The molecule has 0 spiro atoms. The standard InChI is InChI=1S/C9H17NO2/c1-3-7-10(4-2)9(12)6-5-8-11/h3,11H,1,4-8H2,2H3. The fourth-order valence-electron chi connectivity index (χ4n) is 0.952. The van der Waals surface area contributed by atoms with Crippen LogP contribution in [-0.4, -0.2) is 35.6 Å². The van der Waals surface area contributed by atoms with Gasteiger partial charge in [0.05, 0.1) is 0 Å².